The number of hydrogen-bond acceptors (Lipinski definition) is 0. The summed E-state index contributed by atoms with van der Waals surface area (Å²) in [5.41, 5.74) is -0.943. The molecule has 50 heavy (non-hydrogen) atoms. The van der Waals surface area contributed by atoms with Gasteiger partial charge in [-0.15, -0.1) is 0 Å². The van der Waals surface area contributed by atoms with Gasteiger partial charge in [0.2, 0.25) is 11.6 Å². The average molecular weight is 727 g/mol. The third kappa shape index (κ3) is 4.50. The van der Waals surface area contributed by atoms with Crippen molar-refractivity contribution in [1.29, 1.82) is 0 Å². The standard InChI is InChI=1S/C38H24F10Si2/c1-49(2)21-11-7-5-9-19(21)23(25-27(39)31(43)35(47)32(44)28(25)40)37(49)17-13-15-18(16-14-17)38-24(20-10-6-8-12-22(20)50(38,3)4)26-29(41)33(45)36(48)34(46)30(26)42/h5-16H,1-4H3. The van der Waals surface area contributed by atoms with Gasteiger partial charge in [0, 0.05) is 0 Å². The molecule has 0 saturated carbocycles. The van der Waals surface area contributed by atoms with Crippen LogP contribution in [0.4, 0.5) is 43.9 Å². The molecule has 0 bridgehead atoms. The van der Waals surface area contributed by atoms with E-state index in [0.717, 1.165) is 0 Å². The maximum Gasteiger partial charge on any atom is 0.200 e. The second-order valence-electron chi connectivity index (χ2n) is 13.3. The molecule has 0 amide bonds. The number of benzene rings is 5. The van der Waals surface area contributed by atoms with E-state index < -0.39 is 85.4 Å². The molecule has 0 fully saturated rings. The van der Waals surface area contributed by atoms with Gasteiger partial charge in [-0.3, -0.25) is 0 Å². The third-order valence-electron chi connectivity index (χ3n) is 9.87. The van der Waals surface area contributed by atoms with Crippen LogP contribution in [0.3, 0.4) is 0 Å². The van der Waals surface area contributed by atoms with E-state index in [1.165, 1.54) is 0 Å². The van der Waals surface area contributed by atoms with Crippen molar-refractivity contribution < 1.29 is 43.9 Å². The molecule has 0 N–H and O–H groups in total. The van der Waals surface area contributed by atoms with E-state index in [4.69, 9.17) is 0 Å². The fourth-order valence-corrected chi connectivity index (χ4v) is 14.5. The largest absolute Gasteiger partial charge is 0.203 e. The molecule has 12 heteroatoms. The smallest absolute Gasteiger partial charge is 0.200 e. The molecule has 0 radical (unpaired) electrons. The molecule has 254 valence electrons. The first-order valence-electron chi connectivity index (χ1n) is 15.4. The van der Waals surface area contributed by atoms with E-state index in [1.807, 2.05) is 26.2 Å². The van der Waals surface area contributed by atoms with Gasteiger partial charge in [-0.1, -0.05) is 99.0 Å². The van der Waals surface area contributed by atoms with Crippen molar-refractivity contribution in [3.8, 4) is 0 Å². The lowest BCUT2D eigenvalue weighted by Crippen LogP contribution is -2.41. The van der Waals surface area contributed by atoms with Crippen LogP contribution in [0, 0.1) is 58.2 Å². The van der Waals surface area contributed by atoms with E-state index in [1.54, 1.807) is 72.8 Å². The van der Waals surface area contributed by atoms with Gasteiger partial charge >= 0.3 is 0 Å². The van der Waals surface area contributed by atoms with Crippen molar-refractivity contribution in [2.75, 3.05) is 0 Å². The highest BCUT2D eigenvalue weighted by atomic mass is 28.3. The van der Waals surface area contributed by atoms with Crippen molar-refractivity contribution in [2.45, 2.75) is 26.2 Å². The zero-order valence-electron chi connectivity index (χ0n) is 26.7. The highest BCUT2D eigenvalue weighted by molar-refractivity contribution is 7.08. The van der Waals surface area contributed by atoms with E-state index in [9.17, 15) is 26.3 Å². The van der Waals surface area contributed by atoms with E-state index >= 15 is 17.6 Å². The second kappa shape index (κ2) is 11.4. The summed E-state index contributed by atoms with van der Waals surface area (Å²) in [6.45, 7) is 7.51. The van der Waals surface area contributed by atoms with Gasteiger partial charge in [0.25, 0.3) is 0 Å². The van der Waals surface area contributed by atoms with Crippen molar-refractivity contribution >= 4 is 48.1 Å². The van der Waals surface area contributed by atoms with Gasteiger partial charge in [0.05, 0.1) is 11.1 Å². The normalized spacial score (nSPS) is 16.0. The van der Waals surface area contributed by atoms with Gasteiger partial charge in [0.15, 0.2) is 46.5 Å². The van der Waals surface area contributed by atoms with Crippen LogP contribution in [0.1, 0.15) is 33.4 Å². The number of halogens is 10. The first-order chi connectivity index (χ1) is 23.5. The molecular formula is C38H24F10Si2. The molecule has 5 aromatic rings. The Bertz CT molecular complexity index is 2150. The molecule has 0 spiro atoms. The molecule has 0 unspecified atom stereocenters. The van der Waals surface area contributed by atoms with Gasteiger partial charge in [0.1, 0.15) is 16.1 Å². The molecular weight excluding hydrogens is 703 g/mol. The van der Waals surface area contributed by atoms with Crippen LogP contribution in [-0.4, -0.2) is 16.1 Å². The van der Waals surface area contributed by atoms with Crippen molar-refractivity contribution in [3.05, 3.63) is 164 Å². The maximum atomic E-state index is 15.4. The number of hydrogen-bond donors (Lipinski definition) is 0. The fraction of sp³-hybridized carbons (Fsp3) is 0.105. The van der Waals surface area contributed by atoms with Crippen LogP contribution in [0.5, 0.6) is 0 Å². The summed E-state index contributed by atoms with van der Waals surface area (Å²) < 4.78 is 148. The molecule has 2 heterocycles. The first kappa shape index (κ1) is 33.8. The molecule has 0 aromatic heterocycles. The molecule has 0 nitrogen and oxygen atoms in total. The van der Waals surface area contributed by atoms with Crippen LogP contribution in [0.2, 0.25) is 26.2 Å². The Morgan fingerprint density at radius 1 is 0.340 bits per heavy atom. The SMILES string of the molecule is C[Si]1(C)C(c2ccc(C3=C(c4c(F)c(F)c(F)c(F)c4F)c4ccccc4[Si]3(C)C)cc2)=C(c2c(F)c(F)c(F)c(F)c2F)c2ccccc21. The predicted molar refractivity (Wildman–Crippen MR) is 178 cm³/mol. The van der Waals surface area contributed by atoms with E-state index in [2.05, 4.69) is 0 Å². The summed E-state index contributed by atoms with van der Waals surface area (Å²) in [6.07, 6.45) is 0. The minimum Gasteiger partial charge on any atom is -0.203 e. The van der Waals surface area contributed by atoms with Crippen LogP contribution >= 0.6 is 0 Å². The van der Waals surface area contributed by atoms with Crippen molar-refractivity contribution in [2.24, 2.45) is 0 Å². The van der Waals surface area contributed by atoms with Crippen LogP contribution in [0.25, 0.3) is 21.5 Å². The van der Waals surface area contributed by atoms with Gasteiger partial charge in [-0.2, -0.15) is 0 Å². The molecule has 0 atom stereocenters. The fourth-order valence-electron chi connectivity index (χ4n) is 7.64. The average Bonchev–Trinajstić information content (AvgIpc) is 3.48. The Balaban J connectivity index is 1.51. The van der Waals surface area contributed by atoms with Crippen molar-refractivity contribution in [1.82, 2.24) is 0 Å². The quantitative estimate of drug-likeness (QED) is 0.0749. The second-order valence-corrected chi connectivity index (χ2v) is 21.9. The molecule has 7 rings (SSSR count). The zero-order valence-corrected chi connectivity index (χ0v) is 28.7. The highest BCUT2D eigenvalue weighted by Gasteiger charge is 2.45. The first-order valence-corrected chi connectivity index (χ1v) is 21.4. The summed E-state index contributed by atoms with van der Waals surface area (Å²) in [5, 5.41) is 2.17. The highest BCUT2D eigenvalue weighted by Crippen LogP contribution is 2.48. The van der Waals surface area contributed by atoms with Crippen molar-refractivity contribution in [3.63, 3.8) is 0 Å². The molecule has 2 aliphatic heterocycles. The lowest BCUT2D eigenvalue weighted by Gasteiger charge is -2.25. The maximum absolute atomic E-state index is 15.4. The number of rotatable bonds is 4. The van der Waals surface area contributed by atoms with Crippen LogP contribution in [-0.2, 0) is 0 Å². The summed E-state index contributed by atoms with van der Waals surface area (Å²) in [4.78, 5) is 0. The Morgan fingerprint density at radius 2 is 0.600 bits per heavy atom. The van der Waals surface area contributed by atoms with E-state index in [-0.39, 0.29) is 11.1 Å². The summed E-state index contributed by atoms with van der Waals surface area (Å²) in [7, 11) is -5.83. The number of fused-ring (bicyclic) bond motifs is 2. The minimum absolute atomic E-state index is 0.137. The molecule has 2 aliphatic rings. The third-order valence-corrected chi connectivity index (χ3v) is 17.0. The van der Waals surface area contributed by atoms with Gasteiger partial charge in [-0.05, 0) is 54.2 Å². The Hall–Kier alpha value is -4.69. The Morgan fingerprint density at radius 3 is 0.900 bits per heavy atom. The van der Waals surface area contributed by atoms with Crippen LogP contribution in [0.15, 0.2) is 72.8 Å². The molecule has 0 saturated heterocycles. The summed E-state index contributed by atoms with van der Waals surface area (Å²) in [5.74, 6) is -20.8. The van der Waals surface area contributed by atoms with E-state index in [0.29, 0.717) is 43.0 Å². The zero-order chi connectivity index (χ0) is 36.2. The Labute approximate surface area is 282 Å². The Kier molecular flexibility index (Phi) is 7.72. The van der Waals surface area contributed by atoms with Crippen LogP contribution < -0.4 is 10.4 Å². The minimum atomic E-state index is -2.91. The molecule has 5 aromatic carbocycles. The molecule has 0 aliphatic carbocycles. The monoisotopic (exact) mass is 726 g/mol. The topological polar surface area (TPSA) is 0 Å². The predicted octanol–water partition coefficient (Wildman–Crippen LogP) is 9.93. The summed E-state index contributed by atoms with van der Waals surface area (Å²) >= 11 is 0. The lowest BCUT2D eigenvalue weighted by molar-refractivity contribution is 0.376. The van der Waals surface area contributed by atoms with Gasteiger partial charge < -0.3 is 0 Å². The lowest BCUT2D eigenvalue weighted by atomic mass is 9.93. The van der Waals surface area contributed by atoms with Gasteiger partial charge in [-0.25, -0.2) is 43.9 Å². The summed E-state index contributed by atoms with van der Waals surface area (Å²) in [6, 6.07) is 19.6.